The van der Waals surface area contributed by atoms with Crippen LogP contribution in [0.5, 0.6) is 5.75 Å². The van der Waals surface area contributed by atoms with E-state index in [2.05, 4.69) is 10.5 Å². The maximum Gasteiger partial charge on any atom is 0.244 e. The van der Waals surface area contributed by atoms with E-state index in [0.29, 0.717) is 18.9 Å². The molecule has 1 aromatic heterocycles. The van der Waals surface area contributed by atoms with E-state index in [1.807, 2.05) is 76.2 Å². The fourth-order valence-corrected chi connectivity index (χ4v) is 3.49. The summed E-state index contributed by atoms with van der Waals surface area (Å²) in [5, 5.41) is 6.83. The third-order valence-corrected chi connectivity index (χ3v) is 5.44. The Bertz CT molecular complexity index is 1070. The average Bonchev–Trinajstić information content (AvgIpc) is 3.11. The fraction of sp³-hybridized carbons (Fsp3) is 0.346. The normalized spacial score (nSPS) is 10.7. The summed E-state index contributed by atoms with van der Waals surface area (Å²) < 4.78 is 11.0. The van der Waals surface area contributed by atoms with Gasteiger partial charge in [-0.05, 0) is 56.5 Å². The van der Waals surface area contributed by atoms with Gasteiger partial charge < -0.3 is 19.5 Å². The molecule has 0 fully saturated rings. The third kappa shape index (κ3) is 6.68. The monoisotopic (exact) mass is 449 g/mol. The van der Waals surface area contributed by atoms with Gasteiger partial charge in [0.2, 0.25) is 11.8 Å². The van der Waals surface area contributed by atoms with Gasteiger partial charge in [-0.2, -0.15) is 0 Å². The van der Waals surface area contributed by atoms with Crippen molar-refractivity contribution in [1.29, 1.82) is 0 Å². The van der Waals surface area contributed by atoms with E-state index in [1.54, 1.807) is 4.90 Å². The van der Waals surface area contributed by atoms with E-state index in [1.165, 1.54) is 0 Å². The molecule has 3 aromatic rings. The number of carbonyl (C=O) groups is 2. The minimum absolute atomic E-state index is 0.0274. The van der Waals surface area contributed by atoms with Crippen molar-refractivity contribution in [2.24, 2.45) is 0 Å². The molecule has 0 unspecified atom stereocenters. The van der Waals surface area contributed by atoms with Crippen LogP contribution in [0.1, 0.15) is 41.5 Å². The zero-order valence-electron chi connectivity index (χ0n) is 19.7. The number of carbonyl (C=O) groups excluding carboxylic acids is 2. The topological polar surface area (TPSA) is 84.7 Å². The van der Waals surface area contributed by atoms with Crippen LogP contribution < -0.4 is 10.1 Å². The van der Waals surface area contributed by atoms with Crippen LogP contribution in [0.2, 0.25) is 0 Å². The number of nitrogens with one attached hydrogen (secondary N) is 1. The maximum atomic E-state index is 12.9. The number of hydrogen-bond donors (Lipinski definition) is 1. The van der Waals surface area contributed by atoms with Crippen LogP contribution in [0.4, 0.5) is 5.69 Å². The lowest BCUT2D eigenvalue weighted by Gasteiger charge is -2.22. The van der Waals surface area contributed by atoms with E-state index < -0.39 is 0 Å². The second kappa shape index (κ2) is 11.3. The standard InChI is InChI=1S/C26H31N3O4/c1-5-14-29(16-25(30)27-24-9-7-6-8-18(24)2)26(31)15-21-10-12-22(13-11-21)32-17-23-19(3)28-33-20(23)4/h6-13H,5,14-17H2,1-4H3,(H,27,30). The Labute approximate surface area is 194 Å². The second-order valence-electron chi connectivity index (χ2n) is 8.09. The van der Waals surface area contributed by atoms with Gasteiger partial charge in [0.05, 0.1) is 24.2 Å². The Kier molecular flexibility index (Phi) is 8.24. The summed E-state index contributed by atoms with van der Waals surface area (Å²) in [5.74, 6) is 1.17. The molecular weight excluding hydrogens is 418 g/mol. The lowest BCUT2D eigenvalue weighted by atomic mass is 10.1. The molecule has 7 heteroatoms. The van der Waals surface area contributed by atoms with Gasteiger partial charge in [0, 0.05) is 12.2 Å². The molecule has 1 N–H and O–H groups in total. The number of hydrogen-bond acceptors (Lipinski definition) is 5. The molecule has 174 valence electrons. The highest BCUT2D eigenvalue weighted by Gasteiger charge is 2.17. The first kappa shape index (κ1) is 24.0. The summed E-state index contributed by atoms with van der Waals surface area (Å²) in [6.45, 7) is 8.60. The Balaban J connectivity index is 1.55. The van der Waals surface area contributed by atoms with E-state index in [-0.39, 0.29) is 24.8 Å². The average molecular weight is 450 g/mol. The molecule has 0 radical (unpaired) electrons. The van der Waals surface area contributed by atoms with Crippen molar-refractivity contribution in [2.45, 2.75) is 47.1 Å². The van der Waals surface area contributed by atoms with Crippen molar-refractivity contribution in [2.75, 3.05) is 18.4 Å². The van der Waals surface area contributed by atoms with Crippen molar-refractivity contribution < 1.29 is 18.8 Å². The first-order valence-corrected chi connectivity index (χ1v) is 11.1. The largest absolute Gasteiger partial charge is 0.489 e. The number of benzene rings is 2. The summed E-state index contributed by atoms with van der Waals surface area (Å²) in [7, 11) is 0. The van der Waals surface area contributed by atoms with Crippen molar-refractivity contribution in [3.05, 3.63) is 76.7 Å². The number of amides is 2. The Hall–Kier alpha value is -3.61. The third-order valence-electron chi connectivity index (χ3n) is 5.44. The summed E-state index contributed by atoms with van der Waals surface area (Å²) >= 11 is 0. The summed E-state index contributed by atoms with van der Waals surface area (Å²) in [5.41, 5.74) is 4.37. The van der Waals surface area contributed by atoms with Crippen molar-refractivity contribution in [3.8, 4) is 5.75 Å². The van der Waals surface area contributed by atoms with Gasteiger partial charge in [-0.1, -0.05) is 42.4 Å². The SMILES string of the molecule is CCCN(CC(=O)Nc1ccccc1C)C(=O)Cc1ccc(OCc2c(C)noc2C)cc1. The Morgan fingerprint density at radius 2 is 1.79 bits per heavy atom. The number of aryl methyl sites for hydroxylation is 3. The van der Waals surface area contributed by atoms with E-state index in [4.69, 9.17) is 9.26 Å². The first-order valence-electron chi connectivity index (χ1n) is 11.1. The lowest BCUT2D eigenvalue weighted by Crippen LogP contribution is -2.39. The fourth-order valence-electron chi connectivity index (χ4n) is 3.49. The van der Waals surface area contributed by atoms with Crippen LogP contribution in [-0.4, -0.2) is 35.0 Å². The smallest absolute Gasteiger partial charge is 0.244 e. The van der Waals surface area contributed by atoms with Crippen LogP contribution in [-0.2, 0) is 22.6 Å². The summed E-state index contributed by atoms with van der Waals surface area (Å²) in [6, 6.07) is 15.0. The van der Waals surface area contributed by atoms with Gasteiger partial charge in [0.1, 0.15) is 18.1 Å². The number of ether oxygens (including phenoxy) is 1. The molecule has 2 amide bonds. The zero-order chi connectivity index (χ0) is 23.8. The van der Waals surface area contributed by atoms with Crippen LogP contribution in [0, 0.1) is 20.8 Å². The molecule has 0 aliphatic carbocycles. The molecule has 0 saturated heterocycles. The minimum Gasteiger partial charge on any atom is -0.489 e. The molecule has 0 bridgehead atoms. The van der Waals surface area contributed by atoms with Crippen LogP contribution in [0.25, 0.3) is 0 Å². The molecule has 1 heterocycles. The number of aromatic nitrogens is 1. The predicted octanol–water partition coefficient (Wildman–Crippen LogP) is 4.60. The molecule has 0 aliphatic heterocycles. The molecule has 0 spiro atoms. The highest BCUT2D eigenvalue weighted by molar-refractivity contribution is 5.95. The van der Waals surface area contributed by atoms with Crippen LogP contribution in [0.15, 0.2) is 53.1 Å². The zero-order valence-corrected chi connectivity index (χ0v) is 19.7. The minimum atomic E-state index is -0.200. The number of para-hydroxylation sites is 1. The maximum absolute atomic E-state index is 12.9. The van der Waals surface area contributed by atoms with Gasteiger partial charge in [0.15, 0.2) is 0 Å². The van der Waals surface area contributed by atoms with Gasteiger partial charge in [-0.3, -0.25) is 9.59 Å². The molecular formula is C26H31N3O4. The molecule has 7 nitrogen and oxygen atoms in total. The summed E-state index contributed by atoms with van der Waals surface area (Å²) in [4.78, 5) is 27.0. The first-order chi connectivity index (χ1) is 15.9. The van der Waals surface area contributed by atoms with Crippen molar-refractivity contribution >= 4 is 17.5 Å². The van der Waals surface area contributed by atoms with Crippen LogP contribution >= 0.6 is 0 Å². The molecule has 3 rings (SSSR count). The molecule has 0 saturated carbocycles. The number of anilines is 1. The van der Waals surface area contributed by atoms with E-state index in [0.717, 1.165) is 40.3 Å². The highest BCUT2D eigenvalue weighted by Crippen LogP contribution is 2.19. The van der Waals surface area contributed by atoms with E-state index in [9.17, 15) is 9.59 Å². The number of nitrogens with zero attached hydrogens (tertiary/aromatic N) is 2. The molecule has 33 heavy (non-hydrogen) atoms. The van der Waals surface area contributed by atoms with E-state index >= 15 is 0 Å². The van der Waals surface area contributed by atoms with Gasteiger partial charge in [-0.25, -0.2) is 0 Å². The number of rotatable bonds is 10. The Morgan fingerprint density at radius 3 is 2.42 bits per heavy atom. The Morgan fingerprint density at radius 1 is 1.06 bits per heavy atom. The second-order valence-corrected chi connectivity index (χ2v) is 8.09. The van der Waals surface area contributed by atoms with Gasteiger partial charge >= 0.3 is 0 Å². The van der Waals surface area contributed by atoms with Crippen molar-refractivity contribution in [1.82, 2.24) is 10.1 Å². The summed E-state index contributed by atoms with van der Waals surface area (Å²) in [6.07, 6.45) is 1.000. The lowest BCUT2D eigenvalue weighted by molar-refractivity contribution is -0.134. The van der Waals surface area contributed by atoms with Crippen molar-refractivity contribution in [3.63, 3.8) is 0 Å². The predicted molar refractivity (Wildman–Crippen MR) is 127 cm³/mol. The molecule has 0 atom stereocenters. The molecule has 0 aliphatic rings. The molecule has 2 aromatic carbocycles. The van der Waals surface area contributed by atoms with Crippen LogP contribution in [0.3, 0.4) is 0 Å². The quantitative estimate of drug-likeness (QED) is 0.489. The van der Waals surface area contributed by atoms with Gasteiger partial charge in [-0.15, -0.1) is 0 Å². The highest BCUT2D eigenvalue weighted by atomic mass is 16.5. The van der Waals surface area contributed by atoms with Gasteiger partial charge in [0.25, 0.3) is 0 Å².